The van der Waals surface area contributed by atoms with E-state index in [1.54, 1.807) is 0 Å². The molecule has 0 aromatic carbocycles. The molecule has 0 aliphatic carbocycles. The largest absolute Gasteiger partial charge is 0.330 e. The fourth-order valence-electron chi connectivity index (χ4n) is 2.95. The lowest BCUT2D eigenvalue weighted by molar-refractivity contribution is 0.0688. The number of likely N-dealkylation sites (tertiary alicyclic amines) is 1. The van der Waals surface area contributed by atoms with Crippen LogP contribution in [0.3, 0.4) is 0 Å². The van der Waals surface area contributed by atoms with Crippen molar-refractivity contribution in [3.8, 4) is 0 Å². The summed E-state index contributed by atoms with van der Waals surface area (Å²) in [5, 5.41) is 0. The van der Waals surface area contributed by atoms with Gasteiger partial charge in [0, 0.05) is 26.3 Å². The number of piperidine rings is 1. The van der Waals surface area contributed by atoms with Crippen LogP contribution in [0.2, 0.25) is 0 Å². The number of nitrogens with zero attached hydrogens (tertiary/aromatic N) is 1. The van der Waals surface area contributed by atoms with Gasteiger partial charge in [-0.3, -0.25) is 4.90 Å². The zero-order valence-corrected chi connectivity index (χ0v) is 13.9. The fraction of sp³-hybridized carbons (Fsp3) is 0.714. The van der Waals surface area contributed by atoms with Crippen LogP contribution in [0.1, 0.15) is 42.5 Å². The molecule has 1 aromatic heterocycles. The van der Waals surface area contributed by atoms with Gasteiger partial charge in [-0.1, -0.05) is 0 Å². The highest BCUT2D eigenvalue weighted by molar-refractivity contribution is 9.10. The lowest BCUT2D eigenvalue weighted by Gasteiger charge is -2.43. The second-order valence-corrected chi connectivity index (χ2v) is 7.61. The second kappa shape index (κ2) is 6.04. The monoisotopic (exact) mass is 330 g/mol. The molecule has 0 saturated carbocycles. The van der Waals surface area contributed by atoms with E-state index in [4.69, 9.17) is 5.73 Å². The number of halogens is 1. The second-order valence-electron chi connectivity index (χ2n) is 5.47. The van der Waals surface area contributed by atoms with Crippen molar-refractivity contribution in [2.45, 2.75) is 45.7 Å². The summed E-state index contributed by atoms with van der Waals surface area (Å²) >= 11 is 5.56. The molecule has 4 heteroatoms. The van der Waals surface area contributed by atoms with E-state index in [0.29, 0.717) is 18.0 Å². The van der Waals surface area contributed by atoms with Crippen molar-refractivity contribution in [3.63, 3.8) is 0 Å². The lowest BCUT2D eigenvalue weighted by Crippen LogP contribution is -2.44. The smallest absolute Gasteiger partial charge is 0.0484 e. The fourth-order valence-corrected chi connectivity index (χ4v) is 4.73. The summed E-state index contributed by atoms with van der Waals surface area (Å²) in [6.07, 6.45) is 2.54. The predicted molar refractivity (Wildman–Crippen MR) is 83.1 cm³/mol. The first kappa shape index (κ1) is 14.5. The van der Waals surface area contributed by atoms with Gasteiger partial charge in [-0.05, 0) is 74.6 Å². The summed E-state index contributed by atoms with van der Waals surface area (Å²) in [6, 6.07) is 3.40. The Morgan fingerprint density at radius 1 is 1.56 bits per heavy atom. The number of nitrogens with two attached hydrogens (primary N) is 1. The summed E-state index contributed by atoms with van der Waals surface area (Å²) in [5.74, 6) is 0.603. The molecule has 2 atom stereocenters. The van der Waals surface area contributed by atoms with Crippen LogP contribution in [0, 0.1) is 12.8 Å². The Bertz CT molecular complexity index is 383. The SMILES string of the molecule is Cc1sc(C2C(CN)CCCN2C(C)C)cc1Br. The molecule has 1 aliphatic heterocycles. The van der Waals surface area contributed by atoms with Crippen molar-refractivity contribution in [1.29, 1.82) is 0 Å². The maximum absolute atomic E-state index is 6.00. The Morgan fingerprint density at radius 2 is 2.28 bits per heavy atom. The van der Waals surface area contributed by atoms with Gasteiger partial charge in [-0.15, -0.1) is 11.3 Å². The van der Waals surface area contributed by atoms with E-state index in [-0.39, 0.29) is 0 Å². The van der Waals surface area contributed by atoms with Crippen LogP contribution in [0.5, 0.6) is 0 Å². The van der Waals surface area contributed by atoms with Gasteiger partial charge in [0.15, 0.2) is 0 Å². The topological polar surface area (TPSA) is 29.3 Å². The molecule has 1 aliphatic rings. The maximum Gasteiger partial charge on any atom is 0.0484 e. The van der Waals surface area contributed by atoms with Crippen molar-refractivity contribution in [3.05, 3.63) is 20.3 Å². The minimum absolute atomic E-state index is 0.513. The molecule has 0 bridgehead atoms. The van der Waals surface area contributed by atoms with E-state index in [0.717, 1.165) is 6.54 Å². The molecule has 2 N–H and O–H groups in total. The predicted octanol–water partition coefficient (Wildman–Crippen LogP) is 3.94. The quantitative estimate of drug-likeness (QED) is 0.909. The van der Waals surface area contributed by atoms with Crippen LogP contribution in [0.25, 0.3) is 0 Å². The number of aryl methyl sites for hydroxylation is 1. The number of rotatable bonds is 3. The van der Waals surface area contributed by atoms with Gasteiger partial charge in [-0.2, -0.15) is 0 Å². The molecule has 0 amide bonds. The van der Waals surface area contributed by atoms with Gasteiger partial charge < -0.3 is 5.73 Å². The molecule has 2 nitrogen and oxygen atoms in total. The Kier molecular flexibility index (Phi) is 4.86. The Hall–Kier alpha value is 0.100. The normalized spacial score (nSPS) is 25.9. The number of hydrogen-bond donors (Lipinski definition) is 1. The summed E-state index contributed by atoms with van der Waals surface area (Å²) in [5.41, 5.74) is 6.00. The van der Waals surface area contributed by atoms with E-state index in [1.807, 2.05) is 11.3 Å². The molecular weight excluding hydrogens is 308 g/mol. The van der Waals surface area contributed by atoms with Gasteiger partial charge in [0.05, 0.1) is 0 Å². The standard InChI is InChI=1S/C14H23BrN2S/c1-9(2)17-6-4-5-11(8-16)14(17)13-7-12(15)10(3)18-13/h7,9,11,14H,4-6,8,16H2,1-3H3. The molecule has 0 radical (unpaired) electrons. The zero-order chi connectivity index (χ0) is 13.3. The summed E-state index contributed by atoms with van der Waals surface area (Å²) < 4.78 is 1.24. The summed E-state index contributed by atoms with van der Waals surface area (Å²) in [6.45, 7) is 8.76. The summed E-state index contributed by atoms with van der Waals surface area (Å²) in [4.78, 5) is 5.47. The van der Waals surface area contributed by atoms with Gasteiger partial charge >= 0.3 is 0 Å². The third-order valence-electron chi connectivity index (χ3n) is 3.93. The molecule has 2 rings (SSSR count). The average Bonchev–Trinajstić information content (AvgIpc) is 2.68. The van der Waals surface area contributed by atoms with E-state index < -0.39 is 0 Å². The van der Waals surface area contributed by atoms with Gasteiger partial charge in [0.2, 0.25) is 0 Å². The van der Waals surface area contributed by atoms with Gasteiger partial charge in [0.1, 0.15) is 0 Å². The van der Waals surface area contributed by atoms with Crippen molar-refractivity contribution >= 4 is 27.3 Å². The molecule has 1 aromatic rings. The van der Waals surface area contributed by atoms with Crippen molar-refractivity contribution < 1.29 is 0 Å². The Labute approximate surface area is 123 Å². The van der Waals surface area contributed by atoms with E-state index in [2.05, 4.69) is 47.7 Å². The summed E-state index contributed by atoms with van der Waals surface area (Å²) in [7, 11) is 0. The molecule has 1 fully saturated rings. The molecule has 0 spiro atoms. The van der Waals surface area contributed by atoms with E-state index >= 15 is 0 Å². The molecule has 102 valence electrons. The van der Waals surface area contributed by atoms with Crippen LogP contribution >= 0.6 is 27.3 Å². The van der Waals surface area contributed by atoms with E-state index in [9.17, 15) is 0 Å². The van der Waals surface area contributed by atoms with Crippen LogP contribution in [-0.2, 0) is 0 Å². The molecule has 1 saturated heterocycles. The van der Waals surface area contributed by atoms with Crippen LogP contribution in [0.4, 0.5) is 0 Å². The highest BCUT2D eigenvalue weighted by Crippen LogP contribution is 2.41. The highest BCUT2D eigenvalue weighted by atomic mass is 79.9. The lowest BCUT2D eigenvalue weighted by atomic mass is 9.87. The third kappa shape index (κ3) is 2.82. The Balaban J connectivity index is 2.33. The maximum atomic E-state index is 6.00. The minimum Gasteiger partial charge on any atom is -0.330 e. The molecular formula is C14H23BrN2S. The molecule has 2 unspecified atom stereocenters. The van der Waals surface area contributed by atoms with E-state index in [1.165, 1.54) is 33.6 Å². The van der Waals surface area contributed by atoms with Crippen LogP contribution < -0.4 is 5.73 Å². The van der Waals surface area contributed by atoms with Crippen molar-refractivity contribution in [1.82, 2.24) is 4.90 Å². The zero-order valence-electron chi connectivity index (χ0n) is 11.4. The van der Waals surface area contributed by atoms with Gasteiger partial charge in [0.25, 0.3) is 0 Å². The third-order valence-corrected chi connectivity index (χ3v) is 6.14. The first-order valence-electron chi connectivity index (χ1n) is 6.76. The van der Waals surface area contributed by atoms with Crippen molar-refractivity contribution in [2.75, 3.05) is 13.1 Å². The van der Waals surface area contributed by atoms with Gasteiger partial charge in [-0.25, -0.2) is 0 Å². The molecule has 18 heavy (non-hydrogen) atoms. The first-order valence-corrected chi connectivity index (χ1v) is 8.37. The molecule has 2 heterocycles. The minimum atomic E-state index is 0.513. The number of thiophene rings is 1. The average molecular weight is 331 g/mol. The van der Waals surface area contributed by atoms with Crippen LogP contribution in [-0.4, -0.2) is 24.0 Å². The Morgan fingerprint density at radius 3 is 2.78 bits per heavy atom. The number of hydrogen-bond acceptors (Lipinski definition) is 3. The van der Waals surface area contributed by atoms with Crippen molar-refractivity contribution in [2.24, 2.45) is 11.7 Å². The highest BCUT2D eigenvalue weighted by Gasteiger charge is 2.34. The van der Waals surface area contributed by atoms with Crippen LogP contribution in [0.15, 0.2) is 10.5 Å². The first-order chi connectivity index (χ1) is 8.54.